The topological polar surface area (TPSA) is 100 Å². The van der Waals surface area contributed by atoms with Gasteiger partial charge in [-0.2, -0.15) is 0 Å². The third-order valence-electron chi connectivity index (χ3n) is 4.04. The van der Waals surface area contributed by atoms with E-state index in [0.29, 0.717) is 11.4 Å². The highest BCUT2D eigenvalue weighted by atomic mass is 19.1. The van der Waals surface area contributed by atoms with Crippen molar-refractivity contribution in [2.24, 2.45) is 5.92 Å². The summed E-state index contributed by atoms with van der Waals surface area (Å²) in [6.07, 6.45) is 3.20. The van der Waals surface area contributed by atoms with Gasteiger partial charge < -0.3 is 16.0 Å². The summed E-state index contributed by atoms with van der Waals surface area (Å²) in [5.41, 5.74) is 0.297. The molecule has 1 aliphatic rings. The molecular weight excluding hydrogens is 351 g/mol. The third-order valence-corrected chi connectivity index (χ3v) is 4.04. The molecule has 1 saturated carbocycles. The van der Waals surface area contributed by atoms with Crippen LogP contribution in [-0.2, 0) is 4.79 Å². The highest BCUT2D eigenvalue weighted by Crippen LogP contribution is 2.29. The van der Waals surface area contributed by atoms with Crippen LogP contribution in [0, 0.1) is 11.7 Å². The maximum atomic E-state index is 13.5. The van der Waals surface area contributed by atoms with Gasteiger partial charge in [0.2, 0.25) is 5.91 Å². The average molecular weight is 370 g/mol. The minimum atomic E-state index is -0.600. The Balaban J connectivity index is 1.46. The first kappa shape index (κ1) is 18.5. The number of benzene rings is 1. The summed E-state index contributed by atoms with van der Waals surface area (Å²) in [5, 5.41) is 7.87. The van der Waals surface area contributed by atoms with Gasteiger partial charge in [0, 0.05) is 30.8 Å². The van der Waals surface area contributed by atoms with Crippen molar-refractivity contribution in [3.8, 4) is 0 Å². The van der Waals surface area contributed by atoms with Gasteiger partial charge in [0.25, 0.3) is 11.8 Å². The van der Waals surface area contributed by atoms with Crippen molar-refractivity contribution in [1.29, 1.82) is 0 Å². The van der Waals surface area contributed by atoms with Crippen LogP contribution in [0.15, 0.2) is 42.6 Å². The number of nitrogens with zero attached hydrogens (tertiary/aromatic N) is 1. The summed E-state index contributed by atoms with van der Waals surface area (Å²) < 4.78 is 13.5. The van der Waals surface area contributed by atoms with Gasteiger partial charge in [-0.05, 0) is 37.1 Å². The van der Waals surface area contributed by atoms with Crippen molar-refractivity contribution in [1.82, 2.24) is 15.6 Å². The Hall–Kier alpha value is -3.29. The SMILES string of the molecule is O=C(NCCNC(=O)c1ccccc1F)c1ccnc(NC(=O)C2CC2)c1. The number of rotatable bonds is 7. The molecule has 7 nitrogen and oxygen atoms in total. The first-order valence-corrected chi connectivity index (χ1v) is 8.62. The molecule has 8 heteroatoms. The van der Waals surface area contributed by atoms with Gasteiger partial charge in [0.05, 0.1) is 5.56 Å². The number of hydrogen-bond acceptors (Lipinski definition) is 4. The van der Waals surface area contributed by atoms with Crippen molar-refractivity contribution in [3.05, 3.63) is 59.5 Å². The van der Waals surface area contributed by atoms with Crippen LogP contribution < -0.4 is 16.0 Å². The minimum Gasteiger partial charge on any atom is -0.350 e. The predicted molar refractivity (Wildman–Crippen MR) is 96.7 cm³/mol. The molecule has 0 spiro atoms. The first-order chi connectivity index (χ1) is 13.0. The van der Waals surface area contributed by atoms with Crippen molar-refractivity contribution >= 4 is 23.5 Å². The quantitative estimate of drug-likeness (QED) is 0.646. The van der Waals surface area contributed by atoms with Crippen molar-refractivity contribution < 1.29 is 18.8 Å². The highest BCUT2D eigenvalue weighted by Gasteiger charge is 2.29. The van der Waals surface area contributed by atoms with Crippen LogP contribution in [0.4, 0.5) is 10.2 Å². The molecule has 1 heterocycles. The molecule has 1 aromatic carbocycles. The number of carbonyl (C=O) groups is 3. The molecule has 0 bridgehead atoms. The van der Waals surface area contributed by atoms with Crippen LogP contribution in [0.3, 0.4) is 0 Å². The van der Waals surface area contributed by atoms with Crippen molar-refractivity contribution in [2.45, 2.75) is 12.8 Å². The number of carbonyl (C=O) groups excluding carboxylic acids is 3. The van der Waals surface area contributed by atoms with Crippen LogP contribution in [0.25, 0.3) is 0 Å². The van der Waals surface area contributed by atoms with Crippen LogP contribution in [0.1, 0.15) is 33.6 Å². The van der Waals surface area contributed by atoms with Crippen LogP contribution >= 0.6 is 0 Å². The third kappa shape index (κ3) is 5.10. The number of halogens is 1. The lowest BCUT2D eigenvalue weighted by Gasteiger charge is -2.09. The van der Waals surface area contributed by atoms with Gasteiger partial charge in [0.1, 0.15) is 11.6 Å². The zero-order valence-corrected chi connectivity index (χ0v) is 14.5. The Labute approximate surface area is 155 Å². The van der Waals surface area contributed by atoms with E-state index in [0.717, 1.165) is 12.8 Å². The van der Waals surface area contributed by atoms with E-state index in [1.54, 1.807) is 6.07 Å². The summed E-state index contributed by atoms with van der Waals surface area (Å²) in [7, 11) is 0. The Bertz CT molecular complexity index is 868. The minimum absolute atomic E-state index is 0.0438. The van der Waals surface area contributed by atoms with Crippen LogP contribution in [0.2, 0.25) is 0 Å². The summed E-state index contributed by atoms with van der Waals surface area (Å²) in [6, 6.07) is 8.69. The Morgan fingerprint density at radius 3 is 2.44 bits per heavy atom. The summed E-state index contributed by atoms with van der Waals surface area (Å²) in [5.74, 6) is -1.22. The maximum absolute atomic E-state index is 13.5. The lowest BCUT2D eigenvalue weighted by molar-refractivity contribution is -0.117. The zero-order chi connectivity index (χ0) is 19.2. The second-order valence-electron chi connectivity index (χ2n) is 6.18. The van der Waals surface area contributed by atoms with Gasteiger partial charge in [-0.3, -0.25) is 14.4 Å². The molecule has 1 fully saturated rings. The monoisotopic (exact) mass is 370 g/mol. The Morgan fingerprint density at radius 1 is 1.04 bits per heavy atom. The number of aromatic nitrogens is 1. The first-order valence-electron chi connectivity index (χ1n) is 8.62. The molecule has 0 aliphatic heterocycles. The van der Waals surface area contributed by atoms with E-state index in [2.05, 4.69) is 20.9 Å². The second-order valence-corrected chi connectivity index (χ2v) is 6.18. The maximum Gasteiger partial charge on any atom is 0.254 e. The van der Waals surface area contributed by atoms with E-state index >= 15 is 0 Å². The van der Waals surface area contributed by atoms with Gasteiger partial charge >= 0.3 is 0 Å². The fraction of sp³-hybridized carbons (Fsp3) is 0.263. The fourth-order valence-corrected chi connectivity index (χ4v) is 2.41. The molecule has 140 valence electrons. The van der Waals surface area contributed by atoms with Gasteiger partial charge in [-0.15, -0.1) is 0 Å². The van der Waals surface area contributed by atoms with Gasteiger partial charge in [-0.1, -0.05) is 12.1 Å². The Kier molecular flexibility index (Phi) is 5.75. The molecule has 27 heavy (non-hydrogen) atoms. The summed E-state index contributed by atoms with van der Waals surface area (Å²) >= 11 is 0. The van der Waals surface area contributed by atoms with E-state index in [-0.39, 0.29) is 36.4 Å². The molecule has 0 atom stereocenters. The van der Waals surface area contributed by atoms with Crippen LogP contribution in [0.5, 0.6) is 0 Å². The molecule has 3 amide bonds. The summed E-state index contributed by atoms with van der Waals surface area (Å²) in [6.45, 7) is 0.320. The van der Waals surface area contributed by atoms with Gasteiger partial charge in [-0.25, -0.2) is 9.37 Å². The molecule has 3 rings (SSSR count). The van der Waals surface area contributed by atoms with E-state index in [9.17, 15) is 18.8 Å². The summed E-state index contributed by atoms with van der Waals surface area (Å²) in [4.78, 5) is 39.8. The van der Waals surface area contributed by atoms with E-state index in [1.165, 1.54) is 36.5 Å². The molecule has 2 aromatic rings. The number of hydrogen-bond donors (Lipinski definition) is 3. The van der Waals surface area contributed by atoms with E-state index in [1.807, 2.05) is 0 Å². The molecular formula is C19H19FN4O3. The number of amides is 3. The molecule has 0 saturated heterocycles. The highest BCUT2D eigenvalue weighted by molar-refractivity contribution is 5.97. The molecule has 0 radical (unpaired) electrons. The fourth-order valence-electron chi connectivity index (χ4n) is 2.41. The lowest BCUT2D eigenvalue weighted by Crippen LogP contribution is -2.35. The van der Waals surface area contributed by atoms with Crippen molar-refractivity contribution in [3.63, 3.8) is 0 Å². The standard InChI is InChI=1S/C19H19FN4O3/c20-15-4-2-1-3-14(15)19(27)23-10-9-22-17(25)13-7-8-21-16(11-13)24-18(26)12-5-6-12/h1-4,7-8,11-12H,5-6,9-10H2,(H,22,25)(H,23,27)(H,21,24,26). The van der Waals surface area contributed by atoms with Crippen LogP contribution in [-0.4, -0.2) is 35.8 Å². The van der Waals surface area contributed by atoms with Crippen molar-refractivity contribution in [2.75, 3.05) is 18.4 Å². The Morgan fingerprint density at radius 2 is 1.74 bits per heavy atom. The number of nitrogens with one attached hydrogen (secondary N) is 3. The number of pyridine rings is 1. The lowest BCUT2D eigenvalue weighted by atomic mass is 10.2. The van der Waals surface area contributed by atoms with E-state index in [4.69, 9.17) is 0 Å². The molecule has 1 aromatic heterocycles. The molecule has 1 aliphatic carbocycles. The smallest absolute Gasteiger partial charge is 0.254 e. The molecule has 0 unspecified atom stereocenters. The second kappa shape index (κ2) is 8.39. The van der Waals surface area contributed by atoms with Gasteiger partial charge in [0.15, 0.2) is 0 Å². The molecule has 3 N–H and O–H groups in total. The average Bonchev–Trinajstić information content (AvgIpc) is 3.51. The predicted octanol–water partition coefficient (Wildman–Crippen LogP) is 1.73. The number of anilines is 1. The largest absolute Gasteiger partial charge is 0.350 e. The normalized spacial score (nSPS) is 12.9. The van der Waals surface area contributed by atoms with E-state index < -0.39 is 11.7 Å². The zero-order valence-electron chi connectivity index (χ0n) is 14.5.